The number of carboxylic acids is 1. The minimum atomic E-state index is -1.54. The molecule has 0 radical (unpaired) electrons. The van der Waals surface area contributed by atoms with Crippen molar-refractivity contribution < 1.29 is 24.6 Å². The van der Waals surface area contributed by atoms with Crippen molar-refractivity contribution in [3.63, 3.8) is 0 Å². The number of rotatable bonds is 5. The maximum absolute atomic E-state index is 12.6. The Morgan fingerprint density at radius 1 is 1.47 bits per heavy atom. The zero-order valence-electron chi connectivity index (χ0n) is 20.8. The second-order valence-electron chi connectivity index (χ2n) is 11.2. The number of guanidine groups is 1. The molecule has 2 heterocycles. The molecular weight excluding hydrogens is 432 g/mol. The van der Waals surface area contributed by atoms with Crippen LogP contribution in [-0.2, 0) is 9.53 Å². The summed E-state index contributed by atoms with van der Waals surface area (Å²) in [5.74, 6) is 7.62. The highest BCUT2D eigenvalue weighted by Gasteiger charge is 2.77. The number of carboxylic acid groups (broad SMARTS) is 1. The van der Waals surface area contributed by atoms with E-state index >= 15 is 0 Å². The molecule has 0 aromatic rings. The molecule has 8 unspecified atom stereocenters. The first kappa shape index (κ1) is 23.8. The lowest BCUT2D eigenvalue weighted by molar-refractivity contribution is -0.830. The van der Waals surface area contributed by atoms with Gasteiger partial charge in [-0.15, -0.1) is 0 Å². The molecule has 8 atom stereocenters. The lowest BCUT2D eigenvalue weighted by Crippen LogP contribution is -3.19. The number of quaternary nitrogens is 1. The zero-order chi connectivity index (χ0) is 24.3. The highest BCUT2D eigenvalue weighted by molar-refractivity contribution is 5.90. The number of hydrogen-bond acceptors (Lipinski definition) is 6. The number of aliphatic carboxylic acids is 1. The van der Waals surface area contributed by atoms with Crippen LogP contribution in [-0.4, -0.2) is 76.6 Å². The van der Waals surface area contributed by atoms with Crippen molar-refractivity contribution in [1.82, 2.24) is 10.6 Å². The Balaban J connectivity index is 1.80. The van der Waals surface area contributed by atoms with E-state index in [0.717, 1.165) is 44.0 Å². The Labute approximate surface area is 202 Å². The number of piperidine rings is 1. The fourth-order valence-corrected chi connectivity index (χ4v) is 9.19. The Bertz CT molecular complexity index is 998. The van der Waals surface area contributed by atoms with Crippen LogP contribution in [0.5, 0.6) is 0 Å². The topological polar surface area (TPSA) is 110 Å². The van der Waals surface area contributed by atoms with E-state index in [1.54, 1.807) is 0 Å². The molecule has 3 fully saturated rings. The molecule has 2 aliphatic heterocycles. The maximum atomic E-state index is 12.6. The van der Waals surface area contributed by atoms with Gasteiger partial charge in [0.05, 0.1) is 32.2 Å². The minimum Gasteiger partial charge on any atom is -0.545 e. The first-order valence-electron chi connectivity index (χ1n) is 12.6. The number of methoxy groups -OCH3 is 1. The van der Waals surface area contributed by atoms with Gasteiger partial charge >= 0.3 is 0 Å². The van der Waals surface area contributed by atoms with Crippen LogP contribution < -0.4 is 20.6 Å². The van der Waals surface area contributed by atoms with Gasteiger partial charge in [0.1, 0.15) is 5.60 Å². The van der Waals surface area contributed by atoms with Crippen LogP contribution in [0, 0.1) is 46.3 Å². The third kappa shape index (κ3) is 2.94. The molecule has 2 saturated carbocycles. The van der Waals surface area contributed by atoms with E-state index in [9.17, 15) is 15.0 Å². The SMILES string of the molecule is CN=C1NCC#CC2CC(C)C34CC(O)(COC)C(C(=O)[O-])=C3CC2C42C[NH+]1CCC2CNC. The molecule has 2 spiro atoms. The summed E-state index contributed by atoms with van der Waals surface area (Å²) in [6, 6.07) is 0. The summed E-state index contributed by atoms with van der Waals surface area (Å²) < 4.78 is 5.40. The number of nitrogens with one attached hydrogen (secondary N) is 3. The average molecular weight is 471 g/mol. The van der Waals surface area contributed by atoms with Gasteiger partial charge in [0.25, 0.3) is 5.96 Å². The van der Waals surface area contributed by atoms with Crippen LogP contribution in [0.1, 0.15) is 32.6 Å². The number of carbonyl (C=O) groups is 1. The number of aliphatic imine (C=N–C) groups is 1. The lowest BCUT2D eigenvalue weighted by Gasteiger charge is -2.62. The molecule has 8 nitrogen and oxygen atoms in total. The van der Waals surface area contributed by atoms with E-state index in [2.05, 4.69) is 34.4 Å². The van der Waals surface area contributed by atoms with E-state index in [4.69, 9.17) is 4.74 Å². The summed E-state index contributed by atoms with van der Waals surface area (Å²) in [5.41, 5.74) is -1.16. The van der Waals surface area contributed by atoms with Crippen molar-refractivity contribution in [3.8, 4) is 11.8 Å². The first-order chi connectivity index (χ1) is 16.3. The number of hydrogen-bond donors (Lipinski definition) is 4. The molecule has 1 saturated heterocycles. The molecule has 186 valence electrons. The number of fused-ring (bicyclic) bond motifs is 1. The van der Waals surface area contributed by atoms with Crippen molar-refractivity contribution >= 4 is 11.9 Å². The van der Waals surface area contributed by atoms with E-state index in [0.29, 0.717) is 25.3 Å². The van der Waals surface area contributed by atoms with Gasteiger partial charge in [-0.05, 0) is 50.6 Å². The Morgan fingerprint density at radius 2 is 2.26 bits per heavy atom. The van der Waals surface area contributed by atoms with Crippen LogP contribution in [0.2, 0.25) is 0 Å². The van der Waals surface area contributed by atoms with Gasteiger partial charge < -0.3 is 30.4 Å². The highest BCUT2D eigenvalue weighted by atomic mass is 16.5. The van der Waals surface area contributed by atoms with Gasteiger partial charge in [-0.3, -0.25) is 4.90 Å². The van der Waals surface area contributed by atoms with Crippen LogP contribution in [0.15, 0.2) is 16.1 Å². The summed E-state index contributed by atoms with van der Waals surface area (Å²) in [4.78, 5) is 18.5. The predicted molar refractivity (Wildman–Crippen MR) is 126 cm³/mol. The average Bonchev–Trinajstić information content (AvgIpc) is 3.15. The number of nitrogens with zero attached hydrogens (tertiary/aromatic N) is 1. The molecule has 0 amide bonds. The number of ether oxygens (including phenoxy) is 1. The van der Waals surface area contributed by atoms with Gasteiger partial charge in [0.15, 0.2) is 0 Å². The van der Waals surface area contributed by atoms with Gasteiger partial charge in [0.2, 0.25) is 0 Å². The lowest BCUT2D eigenvalue weighted by atomic mass is 9.43. The van der Waals surface area contributed by atoms with Crippen LogP contribution in [0.3, 0.4) is 0 Å². The van der Waals surface area contributed by atoms with E-state index in [-0.39, 0.29) is 35.3 Å². The fourth-order valence-electron chi connectivity index (χ4n) is 9.19. The number of carbonyl (C=O) groups excluding carboxylic acids is 1. The van der Waals surface area contributed by atoms with Crippen molar-refractivity contribution in [2.24, 2.45) is 39.5 Å². The molecule has 3 aliphatic carbocycles. The van der Waals surface area contributed by atoms with Crippen molar-refractivity contribution in [3.05, 3.63) is 11.1 Å². The second kappa shape index (κ2) is 8.34. The second-order valence-corrected chi connectivity index (χ2v) is 11.2. The van der Waals surface area contributed by atoms with E-state index in [1.807, 2.05) is 14.1 Å². The molecular formula is C26H38N4O4. The van der Waals surface area contributed by atoms with Crippen molar-refractivity contribution in [2.75, 3.05) is 54.0 Å². The van der Waals surface area contributed by atoms with E-state index < -0.39 is 17.0 Å². The van der Waals surface area contributed by atoms with Gasteiger partial charge in [-0.25, -0.2) is 4.99 Å². The third-order valence-corrected chi connectivity index (χ3v) is 9.98. The van der Waals surface area contributed by atoms with Crippen molar-refractivity contribution in [1.29, 1.82) is 0 Å². The van der Waals surface area contributed by atoms with E-state index in [1.165, 1.54) is 12.0 Å². The third-order valence-electron chi connectivity index (χ3n) is 9.98. The molecule has 0 aromatic heterocycles. The smallest absolute Gasteiger partial charge is 0.296 e. The molecule has 0 aromatic carbocycles. The van der Waals surface area contributed by atoms with Gasteiger partial charge in [-0.1, -0.05) is 24.3 Å². The largest absolute Gasteiger partial charge is 0.545 e. The maximum Gasteiger partial charge on any atom is 0.296 e. The van der Waals surface area contributed by atoms with Gasteiger partial charge in [-0.2, -0.15) is 0 Å². The highest BCUT2D eigenvalue weighted by Crippen LogP contribution is 2.77. The molecule has 4 N–H and O–H groups in total. The summed E-state index contributed by atoms with van der Waals surface area (Å²) in [6.07, 6.45) is 2.98. The molecule has 8 heteroatoms. The monoisotopic (exact) mass is 470 g/mol. The first-order valence-corrected chi connectivity index (χ1v) is 12.6. The Kier molecular flexibility index (Phi) is 5.84. The Morgan fingerprint density at radius 3 is 2.94 bits per heavy atom. The quantitative estimate of drug-likeness (QED) is 0.352. The normalized spacial score (nSPS) is 45.9. The minimum absolute atomic E-state index is 0.0330. The van der Waals surface area contributed by atoms with Gasteiger partial charge in [0, 0.05) is 42.9 Å². The van der Waals surface area contributed by atoms with Crippen LogP contribution in [0.25, 0.3) is 0 Å². The fraction of sp³-hybridized carbons (Fsp3) is 0.769. The standard InChI is InChI=1S/C26H38N4O4/c1-16-10-17-6-5-8-29-23(28-3)30-9-7-18(12-27-2)26(14-30)19(17)11-20-21(22(31)32)24(33,15-34-4)13-25(16,20)26/h16-19,27,33H,7-15H2,1-4H3,(H,28,29)(H,31,32). The number of aliphatic hydroxyl groups is 1. The van der Waals surface area contributed by atoms with Crippen LogP contribution >= 0.6 is 0 Å². The summed E-state index contributed by atoms with van der Waals surface area (Å²) in [7, 11) is 5.35. The van der Waals surface area contributed by atoms with Crippen LogP contribution in [0.4, 0.5) is 0 Å². The summed E-state index contributed by atoms with van der Waals surface area (Å²) in [5, 5.41) is 31.3. The summed E-state index contributed by atoms with van der Waals surface area (Å²) >= 11 is 0. The molecule has 5 bridgehead atoms. The summed E-state index contributed by atoms with van der Waals surface area (Å²) in [6.45, 7) is 5.49. The van der Waals surface area contributed by atoms with Crippen molar-refractivity contribution in [2.45, 2.75) is 38.2 Å². The zero-order valence-corrected chi connectivity index (χ0v) is 20.8. The predicted octanol–water partition coefficient (Wildman–Crippen LogP) is -1.82. The number of allylic oxidation sites excluding steroid dienone is 1. The molecule has 34 heavy (non-hydrogen) atoms. The molecule has 5 aliphatic rings. The Hall–Kier alpha value is -1.92. The molecule has 5 rings (SSSR count).